The molecule has 1 fully saturated rings. The summed E-state index contributed by atoms with van der Waals surface area (Å²) < 4.78 is 27.7. The molecule has 1 aliphatic rings. The average Bonchev–Trinajstić information content (AvgIpc) is 2.71. The molecule has 152 valence electrons. The molecule has 1 aliphatic heterocycles. The Hall–Kier alpha value is -2.69. The maximum Gasteiger partial charge on any atom is 0.243 e. The van der Waals surface area contributed by atoms with E-state index in [1.807, 2.05) is 19.1 Å². The highest BCUT2D eigenvalue weighted by Crippen LogP contribution is 2.27. The SMILES string of the molecule is Cc1ccc(C)c(S(=O)(=O)N2CCC[C@@H](C(=O)Nc3ccc(CC#N)cc3)C2)c1. The lowest BCUT2D eigenvalue weighted by molar-refractivity contribution is -0.120. The summed E-state index contributed by atoms with van der Waals surface area (Å²) >= 11 is 0. The van der Waals surface area contributed by atoms with Crippen LogP contribution in [0.1, 0.15) is 29.5 Å². The van der Waals surface area contributed by atoms with Gasteiger partial charge in [0.1, 0.15) is 0 Å². The van der Waals surface area contributed by atoms with Crippen molar-refractivity contribution in [2.75, 3.05) is 18.4 Å². The summed E-state index contributed by atoms with van der Waals surface area (Å²) in [4.78, 5) is 13.0. The number of rotatable bonds is 5. The van der Waals surface area contributed by atoms with Gasteiger partial charge >= 0.3 is 0 Å². The summed E-state index contributed by atoms with van der Waals surface area (Å²) in [5, 5.41) is 11.6. The van der Waals surface area contributed by atoms with Crippen molar-refractivity contribution >= 4 is 21.6 Å². The summed E-state index contributed by atoms with van der Waals surface area (Å²) in [6, 6.07) is 14.6. The molecule has 0 saturated carbocycles. The van der Waals surface area contributed by atoms with Gasteiger partial charge in [0.15, 0.2) is 0 Å². The lowest BCUT2D eigenvalue weighted by atomic mass is 9.98. The Kier molecular flexibility index (Phi) is 6.36. The molecule has 1 heterocycles. The molecule has 7 heteroatoms. The zero-order valence-electron chi connectivity index (χ0n) is 16.7. The Bertz CT molecular complexity index is 1040. The summed E-state index contributed by atoms with van der Waals surface area (Å²) in [6.45, 7) is 4.25. The van der Waals surface area contributed by atoms with Gasteiger partial charge in [-0.1, -0.05) is 24.3 Å². The number of amides is 1. The quantitative estimate of drug-likeness (QED) is 0.816. The molecule has 2 aromatic carbocycles. The average molecular weight is 412 g/mol. The van der Waals surface area contributed by atoms with Gasteiger partial charge in [0.2, 0.25) is 15.9 Å². The number of nitrogens with zero attached hydrogens (tertiary/aromatic N) is 2. The Morgan fingerprint density at radius 1 is 1.21 bits per heavy atom. The number of hydrogen-bond donors (Lipinski definition) is 1. The van der Waals surface area contributed by atoms with E-state index < -0.39 is 15.9 Å². The van der Waals surface area contributed by atoms with E-state index in [2.05, 4.69) is 11.4 Å². The molecule has 0 aliphatic carbocycles. The third-order valence-corrected chi connectivity index (χ3v) is 7.23. The number of carbonyl (C=O) groups is 1. The number of nitriles is 1. The van der Waals surface area contributed by atoms with Crippen LogP contribution in [0.25, 0.3) is 0 Å². The highest BCUT2D eigenvalue weighted by molar-refractivity contribution is 7.89. The number of benzene rings is 2. The van der Waals surface area contributed by atoms with Gasteiger partial charge in [0.25, 0.3) is 0 Å². The first-order valence-corrected chi connectivity index (χ1v) is 11.1. The van der Waals surface area contributed by atoms with E-state index in [-0.39, 0.29) is 12.5 Å². The number of carbonyl (C=O) groups excluding carboxylic acids is 1. The molecule has 6 nitrogen and oxygen atoms in total. The molecule has 0 unspecified atom stereocenters. The van der Waals surface area contributed by atoms with Crippen molar-refractivity contribution < 1.29 is 13.2 Å². The van der Waals surface area contributed by atoms with Crippen molar-refractivity contribution in [3.05, 3.63) is 59.2 Å². The normalized spacial score (nSPS) is 17.5. The molecular formula is C22H25N3O3S. The maximum atomic E-state index is 13.2. The van der Waals surface area contributed by atoms with E-state index in [0.717, 1.165) is 11.1 Å². The standard InChI is InChI=1S/C22H25N3O3S/c1-16-5-6-17(2)21(14-16)29(27,28)25-13-3-4-19(15-25)22(26)24-20-9-7-18(8-10-20)11-12-23/h5-10,14,19H,3-4,11,13,15H2,1-2H3,(H,24,26)/t19-/m1/s1. The minimum Gasteiger partial charge on any atom is -0.326 e. The van der Waals surface area contributed by atoms with Crippen LogP contribution in [0.2, 0.25) is 0 Å². The monoisotopic (exact) mass is 411 g/mol. The second-order valence-corrected chi connectivity index (χ2v) is 9.40. The van der Waals surface area contributed by atoms with E-state index in [0.29, 0.717) is 42.0 Å². The van der Waals surface area contributed by atoms with Crippen molar-refractivity contribution in [3.8, 4) is 6.07 Å². The minimum absolute atomic E-state index is 0.175. The fraction of sp³-hybridized carbons (Fsp3) is 0.364. The predicted molar refractivity (Wildman–Crippen MR) is 112 cm³/mol. The zero-order chi connectivity index (χ0) is 21.0. The topological polar surface area (TPSA) is 90.3 Å². The molecular weight excluding hydrogens is 386 g/mol. The van der Waals surface area contributed by atoms with Gasteiger partial charge in [0.05, 0.1) is 23.3 Å². The highest BCUT2D eigenvalue weighted by atomic mass is 32.2. The van der Waals surface area contributed by atoms with Gasteiger partial charge in [-0.05, 0) is 61.6 Å². The molecule has 0 aromatic heterocycles. The third kappa shape index (κ3) is 4.84. The van der Waals surface area contributed by atoms with Crippen molar-refractivity contribution in [2.24, 2.45) is 5.92 Å². The molecule has 1 saturated heterocycles. The van der Waals surface area contributed by atoms with Crippen LogP contribution >= 0.6 is 0 Å². The zero-order valence-corrected chi connectivity index (χ0v) is 17.5. The number of hydrogen-bond acceptors (Lipinski definition) is 4. The Labute approximate surface area is 172 Å². The number of aryl methyl sites for hydroxylation is 2. The van der Waals surface area contributed by atoms with Gasteiger partial charge in [0, 0.05) is 18.8 Å². The molecule has 0 spiro atoms. The van der Waals surface area contributed by atoms with Crippen LogP contribution in [0.3, 0.4) is 0 Å². The fourth-order valence-electron chi connectivity index (χ4n) is 3.54. The summed E-state index contributed by atoms with van der Waals surface area (Å²) in [5.41, 5.74) is 3.13. The lowest BCUT2D eigenvalue weighted by Crippen LogP contribution is -2.43. The Morgan fingerprint density at radius 3 is 2.62 bits per heavy atom. The van der Waals surface area contributed by atoms with Crippen LogP contribution in [0.5, 0.6) is 0 Å². The molecule has 3 rings (SSSR count). The fourth-order valence-corrected chi connectivity index (χ4v) is 5.37. The van der Waals surface area contributed by atoms with Crippen molar-refractivity contribution in [2.45, 2.75) is 38.0 Å². The van der Waals surface area contributed by atoms with E-state index in [4.69, 9.17) is 5.26 Å². The van der Waals surface area contributed by atoms with E-state index in [1.54, 1.807) is 37.3 Å². The number of anilines is 1. The molecule has 2 aromatic rings. The van der Waals surface area contributed by atoms with Crippen molar-refractivity contribution in [1.82, 2.24) is 4.31 Å². The van der Waals surface area contributed by atoms with Gasteiger partial charge in [-0.25, -0.2) is 8.42 Å². The third-order valence-electron chi connectivity index (χ3n) is 5.22. The first-order valence-electron chi connectivity index (χ1n) is 9.65. The smallest absolute Gasteiger partial charge is 0.243 e. The van der Waals surface area contributed by atoms with Gasteiger partial charge in [-0.2, -0.15) is 9.57 Å². The molecule has 0 radical (unpaired) electrons. The molecule has 1 atom stereocenters. The van der Waals surface area contributed by atoms with Gasteiger partial charge < -0.3 is 5.32 Å². The van der Waals surface area contributed by atoms with Crippen LogP contribution in [0.4, 0.5) is 5.69 Å². The first-order chi connectivity index (χ1) is 13.8. The molecule has 0 bridgehead atoms. The van der Waals surface area contributed by atoms with Crippen LogP contribution < -0.4 is 5.32 Å². The summed E-state index contributed by atoms with van der Waals surface area (Å²) in [5.74, 6) is -0.582. The number of nitrogens with one attached hydrogen (secondary N) is 1. The molecule has 29 heavy (non-hydrogen) atoms. The molecule has 1 N–H and O–H groups in total. The first kappa shape index (κ1) is 21.0. The van der Waals surface area contributed by atoms with E-state index in [9.17, 15) is 13.2 Å². The van der Waals surface area contributed by atoms with Crippen LogP contribution in [0, 0.1) is 31.1 Å². The number of sulfonamides is 1. The van der Waals surface area contributed by atoms with Crippen molar-refractivity contribution in [1.29, 1.82) is 5.26 Å². The van der Waals surface area contributed by atoms with E-state index >= 15 is 0 Å². The maximum absolute atomic E-state index is 13.2. The van der Waals surface area contributed by atoms with Gasteiger partial charge in [-0.15, -0.1) is 0 Å². The van der Waals surface area contributed by atoms with Crippen LogP contribution in [0.15, 0.2) is 47.4 Å². The summed E-state index contributed by atoms with van der Waals surface area (Å²) in [7, 11) is -3.64. The Morgan fingerprint density at radius 2 is 1.93 bits per heavy atom. The van der Waals surface area contributed by atoms with Crippen LogP contribution in [-0.2, 0) is 21.2 Å². The van der Waals surface area contributed by atoms with Crippen LogP contribution in [-0.4, -0.2) is 31.7 Å². The Balaban J connectivity index is 1.72. The van der Waals surface area contributed by atoms with E-state index in [1.165, 1.54) is 4.31 Å². The minimum atomic E-state index is -3.64. The second kappa shape index (κ2) is 8.76. The van der Waals surface area contributed by atoms with Crippen molar-refractivity contribution in [3.63, 3.8) is 0 Å². The lowest BCUT2D eigenvalue weighted by Gasteiger charge is -2.31. The largest absolute Gasteiger partial charge is 0.326 e. The van der Waals surface area contributed by atoms with Gasteiger partial charge in [-0.3, -0.25) is 4.79 Å². The molecule has 1 amide bonds. The highest BCUT2D eigenvalue weighted by Gasteiger charge is 2.34. The second-order valence-electron chi connectivity index (χ2n) is 7.49. The summed E-state index contributed by atoms with van der Waals surface area (Å²) in [6.07, 6.45) is 1.61. The predicted octanol–water partition coefficient (Wildman–Crippen LogP) is 3.41. The number of piperidine rings is 1.